The van der Waals surface area contributed by atoms with Crippen LogP contribution in [0, 0.1) is 6.92 Å². The van der Waals surface area contributed by atoms with Gasteiger partial charge in [-0.15, -0.1) is 8.78 Å². The van der Waals surface area contributed by atoms with E-state index in [0.717, 1.165) is 6.26 Å². The average molecular weight is 675 g/mol. The minimum absolute atomic E-state index is 0.0788. The number of rotatable bonds is 7. The standard InChI is InChI=1S/C31H23F5N4O6S/c1-16-38-27(19-8-10-25-26(13-19)46-31(35,36)45-25)28(44-16)22-12-18(17-5-4-6-20(11-17)47(3,42)43)7-9-21(22)24-14-23(39-40(24)2)29(41)37-15-30(32,33)34/h4-14H,15H2,1-3H3,(H,37,41). The number of oxazole rings is 1. The van der Waals surface area contributed by atoms with Gasteiger partial charge in [-0.2, -0.15) is 18.3 Å². The Morgan fingerprint density at radius 1 is 0.936 bits per heavy atom. The smallest absolute Gasteiger partial charge is 0.440 e. The van der Waals surface area contributed by atoms with E-state index in [1.165, 1.54) is 48.1 Å². The summed E-state index contributed by atoms with van der Waals surface area (Å²) < 4.78 is 107. The summed E-state index contributed by atoms with van der Waals surface area (Å²) in [4.78, 5) is 17.1. The predicted octanol–water partition coefficient (Wildman–Crippen LogP) is 6.40. The van der Waals surface area contributed by atoms with E-state index in [2.05, 4.69) is 19.6 Å². The number of hydrogen-bond donors (Lipinski definition) is 1. The van der Waals surface area contributed by atoms with E-state index < -0.39 is 34.8 Å². The number of alkyl halides is 5. The fourth-order valence-electron chi connectivity index (χ4n) is 5.04. The first-order valence-corrected chi connectivity index (χ1v) is 15.6. The van der Waals surface area contributed by atoms with Crippen molar-refractivity contribution in [1.29, 1.82) is 0 Å². The Morgan fingerprint density at radius 3 is 2.36 bits per heavy atom. The van der Waals surface area contributed by atoms with E-state index >= 15 is 0 Å². The number of sulfone groups is 1. The molecule has 6 rings (SSSR count). The van der Waals surface area contributed by atoms with Crippen molar-refractivity contribution in [2.24, 2.45) is 7.05 Å². The molecule has 1 amide bonds. The molecule has 0 radical (unpaired) electrons. The van der Waals surface area contributed by atoms with Gasteiger partial charge in [0.05, 0.1) is 10.6 Å². The Balaban J connectivity index is 1.52. The van der Waals surface area contributed by atoms with E-state index in [9.17, 15) is 35.2 Å². The summed E-state index contributed by atoms with van der Waals surface area (Å²) in [5.41, 5.74) is 2.40. The monoisotopic (exact) mass is 674 g/mol. The summed E-state index contributed by atoms with van der Waals surface area (Å²) in [7, 11) is -2.05. The number of ether oxygens (including phenoxy) is 2. The molecule has 47 heavy (non-hydrogen) atoms. The summed E-state index contributed by atoms with van der Waals surface area (Å²) in [5, 5.41) is 5.90. The summed E-state index contributed by atoms with van der Waals surface area (Å²) in [6.07, 6.45) is -7.40. The fourth-order valence-corrected chi connectivity index (χ4v) is 5.71. The van der Waals surface area contributed by atoms with Crippen molar-refractivity contribution in [2.45, 2.75) is 24.3 Å². The van der Waals surface area contributed by atoms with E-state index in [1.54, 1.807) is 42.6 Å². The molecule has 0 unspecified atom stereocenters. The second kappa shape index (κ2) is 11.2. The van der Waals surface area contributed by atoms with Gasteiger partial charge in [-0.05, 0) is 53.6 Å². The van der Waals surface area contributed by atoms with Crippen molar-refractivity contribution in [2.75, 3.05) is 12.8 Å². The Morgan fingerprint density at radius 2 is 1.64 bits per heavy atom. The zero-order valence-electron chi connectivity index (χ0n) is 24.6. The number of aromatic nitrogens is 3. The van der Waals surface area contributed by atoms with Gasteiger partial charge >= 0.3 is 12.5 Å². The van der Waals surface area contributed by atoms with Crippen LogP contribution in [0.3, 0.4) is 0 Å². The molecule has 16 heteroatoms. The molecule has 5 aromatic rings. The number of nitrogens with zero attached hydrogens (tertiary/aromatic N) is 3. The van der Waals surface area contributed by atoms with Crippen LogP contribution in [0.1, 0.15) is 16.4 Å². The summed E-state index contributed by atoms with van der Waals surface area (Å²) in [6.45, 7) is 0.0206. The number of benzene rings is 3. The minimum atomic E-state index is -4.63. The highest BCUT2D eigenvalue weighted by Crippen LogP contribution is 2.46. The Kier molecular flexibility index (Phi) is 7.57. The Bertz CT molecular complexity index is 2160. The van der Waals surface area contributed by atoms with Gasteiger partial charge in [-0.3, -0.25) is 9.48 Å². The number of carbonyl (C=O) groups excluding carboxylic acids is 1. The molecule has 3 aromatic carbocycles. The fraction of sp³-hybridized carbons (Fsp3) is 0.194. The maximum atomic E-state index is 13.8. The van der Waals surface area contributed by atoms with Crippen LogP contribution >= 0.6 is 0 Å². The second-order valence-electron chi connectivity index (χ2n) is 10.6. The number of amides is 1. The molecule has 0 atom stereocenters. The van der Waals surface area contributed by atoms with Crippen LogP contribution < -0.4 is 14.8 Å². The molecule has 0 saturated heterocycles. The molecule has 3 heterocycles. The van der Waals surface area contributed by atoms with Crippen molar-refractivity contribution < 1.29 is 49.1 Å². The van der Waals surface area contributed by atoms with Gasteiger partial charge in [-0.25, -0.2) is 13.4 Å². The van der Waals surface area contributed by atoms with Crippen LogP contribution in [-0.4, -0.2) is 54.4 Å². The largest absolute Gasteiger partial charge is 0.586 e. The SMILES string of the molecule is Cc1nc(-c2ccc3c(c2)OC(F)(F)O3)c(-c2cc(-c3cccc(S(C)(=O)=O)c3)ccc2-c2cc(C(=O)NCC(F)(F)F)nn2C)o1. The van der Waals surface area contributed by atoms with Crippen molar-refractivity contribution >= 4 is 15.7 Å². The second-order valence-corrected chi connectivity index (χ2v) is 12.7. The lowest BCUT2D eigenvalue weighted by Crippen LogP contribution is -2.33. The first-order chi connectivity index (χ1) is 22.0. The minimum Gasteiger partial charge on any atom is -0.440 e. The lowest BCUT2D eigenvalue weighted by atomic mass is 9.94. The number of hydrogen-bond acceptors (Lipinski definition) is 8. The first kappa shape index (κ1) is 31.7. The topological polar surface area (TPSA) is 126 Å². The third kappa shape index (κ3) is 6.54. The summed E-state index contributed by atoms with van der Waals surface area (Å²) in [6, 6.07) is 16.6. The molecule has 0 aliphatic carbocycles. The average Bonchev–Trinajstić information content (AvgIpc) is 3.67. The van der Waals surface area contributed by atoms with E-state index in [0.29, 0.717) is 33.5 Å². The maximum Gasteiger partial charge on any atom is 0.586 e. The Hall–Kier alpha value is -5.25. The first-order valence-electron chi connectivity index (χ1n) is 13.7. The van der Waals surface area contributed by atoms with E-state index in [4.69, 9.17) is 4.42 Å². The lowest BCUT2D eigenvalue weighted by molar-refractivity contribution is -0.286. The summed E-state index contributed by atoms with van der Waals surface area (Å²) >= 11 is 0. The van der Waals surface area contributed by atoms with Gasteiger partial charge in [0.1, 0.15) is 12.2 Å². The molecule has 0 bridgehead atoms. The number of carbonyl (C=O) groups is 1. The molecule has 244 valence electrons. The number of halogens is 5. The highest BCUT2D eigenvalue weighted by molar-refractivity contribution is 7.90. The highest BCUT2D eigenvalue weighted by Gasteiger charge is 2.43. The molecule has 2 aromatic heterocycles. The quantitative estimate of drug-likeness (QED) is 0.197. The molecule has 1 aliphatic heterocycles. The van der Waals surface area contributed by atoms with Gasteiger partial charge in [0.15, 0.2) is 38.7 Å². The number of nitrogens with one attached hydrogen (secondary N) is 1. The van der Waals surface area contributed by atoms with Crippen LogP contribution in [0.4, 0.5) is 22.0 Å². The van der Waals surface area contributed by atoms with Crippen molar-refractivity contribution in [3.05, 3.63) is 78.3 Å². The number of fused-ring (bicyclic) bond motifs is 1. The molecule has 0 fully saturated rings. The zero-order valence-corrected chi connectivity index (χ0v) is 25.5. The number of aryl methyl sites for hydroxylation is 2. The molecule has 0 saturated carbocycles. The van der Waals surface area contributed by atoms with Gasteiger partial charge in [0.2, 0.25) is 0 Å². The zero-order chi connectivity index (χ0) is 33.9. The van der Waals surface area contributed by atoms with Gasteiger partial charge in [0.25, 0.3) is 5.91 Å². The van der Waals surface area contributed by atoms with Gasteiger partial charge in [-0.1, -0.05) is 24.3 Å². The normalized spacial score (nSPS) is 14.0. The highest BCUT2D eigenvalue weighted by atomic mass is 32.2. The molecular weight excluding hydrogens is 651 g/mol. The van der Waals surface area contributed by atoms with E-state index in [-0.39, 0.29) is 39.4 Å². The van der Waals surface area contributed by atoms with Gasteiger partial charge < -0.3 is 19.2 Å². The third-order valence-electron chi connectivity index (χ3n) is 7.11. The van der Waals surface area contributed by atoms with Crippen LogP contribution in [0.15, 0.2) is 76.0 Å². The molecular formula is C31H23F5N4O6S. The third-order valence-corrected chi connectivity index (χ3v) is 8.22. The Labute approximate surface area is 263 Å². The van der Waals surface area contributed by atoms with Gasteiger partial charge in [0, 0.05) is 36.9 Å². The molecule has 10 nitrogen and oxygen atoms in total. The van der Waals surface area contributed by atoms with Crippen molar-refractivity contribution in [1.82, 2.24) is 20.1 Å². The maximum absolute atomic E-state index is 13.8. The predicted molar refractivity (Wildman–Crippen MR) is 157 cm³/mol. The van der Waals surface area contributed by atoms with E-state index in [1.807, 2.05) is 0 Å². The molecule has 1 aliphatic rings. The van der Waals surface area contributed by atoms with Crippen LogP contribution in [-0.2, 0) is 16.9 Å². The van der Waals surface area contributed by atoms with Crippen LogP contribution in [0.5, 0.6) is 11.5 Å². The summed E-state index contributed by atoms with van der Waals surface area (Å²) in [5.74, 6) is -1.10. The van der Waals surface area contributed by atoms with Crippen LogP contribution in [0.2, 0.25) is 0 Å². The molecule has 0 spiro atoms. The lowest BCUT2D eigenvalue weighted by Gasteiger charge is -2.13. The van der Waals surface area contributed by atoms with Crippen molar-refractivity contribution in [3.8, 4) is 56.5 Å². The van der Waals surface area contributed by atoms with Crippen LogP contribution in [0.25, 0.3) is 45.0 Å². The van der Waals surface area contributed by atoms with Crippen molar-refractivity contribution in [3.63, 3.8) is 0 Å². The molecule has 1 N–H and O–H groups in total.